The summed E-state index contributed by atoms with van der Waals surface area (Å²) in [7, 11) is 0. The molecule has 0 spiro atoms. The van der Waals surface area contributed by atoms with Crippen LogP contribution in [0, 0.1) is 0 Å². The molecule has 1 fully saturated rings. The largest absolute Gasteiger partial charge is 1.00 e. The van der Waals surface area contributed by atoms with Crippen molar-refractivity contribution in [2.75, 3.05) is 0 Å². The summed E-state index contributed by atoms with van der Waals surface area (Å²) in [5.74, 6) is 2.33. The maximum absolute atomic E-state index is 2.73. The van der Waals surface area contributed by atoms with E-state index in [1.165, 1.54) is 12.8 Å². The Morgan fingerprint density at radius 3 is 1.19 bits per heavy atom. The van der Waals surface area contributed by atoms with E-state index in [9.17, 15) is 0 Å². The molecule has 2 unspecified atom stereocenters. The SMILES string of the molecule is CC(C)c1ccc(C(C)C)c2c1C=C[CH]2[Zr+2]1([CH]2C=Cc3c(C(C)C)ccc(C(C)C)c32)[CH2]CC[CH2]1.[Cl-].[Cl-]. The molecule has 0 saturated carbocycles. The zero-order valence-electron chi connectivity index (χ0n) is 24.2. The second kappa shape index (κ2) is 11.9. The van der Waals surface area contributed by atoms with E-state index in [1.807, 2.05) is 0 Å². The maximum atomic E-state index is 2.72. The molecule has 37 heavy (non-hydrogen) atoms. The molecule has 5 rings (SSSR count). The van der Waals surface area contributed by atoms with Gasteiger partial charge in [0.2, 0.25) is 0 Å². The van der Waals surface area contributed by atoms with E-state index in [2.05, 4.69) is 104 Å². The summed E-state index contributed by atoms with van der Waals surface area (Å²) in [5, 5.41) is 0. The van der Waals surface area contributed by atoms with E-state index in [-0.39, 0.29) is 24.8 Å². The van der Waals surface area contributed by atoms with E-state index in [4.69, 9.17) is 0 Å². The van der Waals surface area contributed by atoms with Crippen molar-refractivity contribution in [3.8, 4) is 0 Å². The van der Waals surface area contributed by atoms with Gasteiger partial charge in [-0.15, -0.1) is 0 Å². The first kappa shape index (κ1) is 30.9. The van der Waals surface area contributed by atoms with Crippen LogP contribution in [-0.4, -0.2) is 0 Å². The second-order valence-corrected chi connectivity index (χ2v) is 24.5. The van der Waals surface area contributed by atoms with Gasteiger partial charge >= 0.3 is 221 Å². The number of halogens is 2. The van der Waals surface area contributed by atoms with Crippen LogP contribution >= 0.6 is 0 Å². The molecular weight excluding hydrogens is 571 g/mol. The zero-order chi connectivity index (χ0) is 25.1. The Hall–Kier alpha value is -0.617. The Kier molecular flexibility index (Phi) is 9.91. The van der Waals surface area contributed by atoms with E-state index in [0.717, 1.165) is 7.25 Å². The van der Waals surface area contributed by atoms with Gasteiger partial charge in [0.15, 0.2) is 0 Å². The standard InChI is InChI=1S/2C15H19.C4H8.2ClH.Zr/c2*1-10(2)12-8-9-13(11(3)4)15-7-5-6-14(12)15;1-3-4-2;;;/h2*5-11H,1-4H3;1-4H2;2*1H;/q;;;;;+2/p-2. The Morgan fingerprint density at radius 2 is 0.865 bits per heavy atom. The summed E-state index contributed by atoms with van der Waals surface area (Å²) in [6.07, 6.45) is 13.5. The molecule has 1 saturated heterocycles. The fourth-order valence-electron chi connectivity index (χ4n) is 7.80. The Bertz CT molecular complexity index is 1090. The molecule has 3 heteroatoms. The van der Waals surface area contributed by atoms with Crippen molar-refractivity contribution in [2.24, 2.45) is 0 Å². The van der Waals surface area contributed by atoms with Crippen LogP contribution in [0.1, 0.15) is 144 Å². The van der Waals surface area contributed by atoms with Crippen LogP contribution in [0.15, 0.2) is 36.4 Å². The molecule has 0 aromatic heterocycles. The van der Waals surface area contributed by atoms with Gasteiger partial charge in [-0.3, -0.25) is 0 Å². The molecule has 2 aromatic carbocycles. The third-order valence-corrected chi connectivity index (χ3v) is 24.3. The van der Waals surface area contributed by atoms with Crippen LogP contribution in [-0.2, 0) is 20.3 Å². The number of rotatable bonds is 6. The first-order chi connectivity index (χ1) is 16.7. The van der Waals surface area contributed by atoms with Crippen LogP contribution in [0.25, 0.3) is 12.2 Å². The van der Waals surface area contributed by atoms with Gasteiger partial charge in [-0.25, -0.2) is 0 Å². The summed E-state index contributed by atoms with van der Waals surface area (Å²) >= 11 is -2.73. The topological polar surface area (TPSA) is 0 Å². The van der Waals surface area contributed by atoms with E-state index in [1.54, 1.807) is 52.8 Å². The van der Waals surface area contributed by atoms with Crippen LogP contribution in [0.2, 0.25) is 8.26 Å². The van der Waals surface area contributed by atoms with Crippen LogP contribution < -0.4 is 24.8 Å². The molecule has 3 aliphatic rings. The van der Waals surface area contributed by atoms with Crippen molar-refractivity contribution in [1.82, 2.24) is 0 Å². The zero-order valence-corrected chi connectivity index (χ0v) is 28.1. The monoisotopic (exact) mass is 614 g/mol. The number of hydrogen-bond acceptors (Lipinski definition) is 0. The van der Waals surface area contributed by atoms with E-state index >= 15 is 0 Å². The molecular formula is C34H46Cl2Zr. The minimum Gasteiger partial charge on any atom is -1.00 e. The summed E-state index contributed by atoms with van der Waals surface area (Å²) < 4.78 is 4.54. The first-order valence-electron chi connectivity index (χ1n) is 14.4. The summed E-state index contributed by atoms with van der Waals surface area (Å²) in [6, 6.07) is 9.89. The van der Waals surface area contributed by atoms with Gasteiger partial charge in [-0.1, -0.05) is 0 Å². The predicted octanol–water partition coefficient (Wildman–Crippen LogP) is 4.81. The van der Waals surface area contributed by atoms with Crippen molar-refractivity contribution in [1.29, 1.82) is 0 Å². The van der Waals surface area contributed by atoms with Crippen molar-refractivity contribution >= 4 is 12.2 Å². The van der Waals surface area contributed by atoms with Crippen LogP contribution in [0.4, 0.5) is 0 Å². The average molecular weight is 617 g/mol. The summed E-state index contributed by atoms with van der Waals surface area (Å²) in [6.45, 7) is 19.1. The van der Waals surface area contributed by atoms with Crippen molar-refractivity contribution < 1.29 is 45.1 Å². The summed E-state index contributed by atoms with van der Waals surface area (Å²) in [5.41, 5.74) is 13.1. The number of benzene rings is 2. The molecule has 0 N–H and O–H groups in total. The summed E-state index contributed by atoms with van der Waals surface area (Å²) in [4.78, 5) is 0. The van der Waals surface area contributed by atoms with Gasteiger partial charge in [0.05, 0.1) is 0 Å². The van der Waals surface area contributed by atoms with Gasteiger partial charge in [0, 0.05) is 0 Å². The molecule has 0 bridgehead atoms. The molecule has 2 atom stereocenters. The Labute approximate surface area is 244 Å². The fraction of sp³-hybridized carbons (Fsp3) is 0.529. The Balaban J connectivity index is 0.00000190. The molecule has 2 aliphatic carbocycles. The maximum Gasteiger partial charge on any atom is -1.00 e. The van der Waals surface area contributed by atoms with Crippen molar-refractivity contribution in [3.63, 3.8) is 0 Å². The van der Waals surface area contributed by atoms with Gasteiger partial charge in [-0.2, -0.15) is 0 Å². The average Bonchev–Trinajstić information content (AvgIpc) is 3.55. The number of allylic oxidation sites excluding steroid dienone is 2. The number of fused-ring (bicyclic) bond motifs is 2. The van der Waals surface area contributed by atoms with E-state index < -0.39 is 20.3 Å². The van der Waals surface area contributed by atoms with E-state index in [0.29, 0.717) is 23.7 Å². The molecule has 200 valence electrons. The first-order valence-corrected chi connectivity index (χ1v) is 20.7. The predicted molar refractivity (Wildman–Crippen MR) is 152 cm³/mol. The normalized spacial score (nSPS) is 20.2. The second-order valence-electron chi connectivity index (χ2n) is 12.9. The Morgan fingerprint density at radius 1 is 0.541 bits per heavy atom. The third-order valence-electron chi connectivity index (χ3n) is 9.50. The minimum atomic E-state index is -2.73. The molecule has 2 aromatic rings. The molecule has 0 amide bonds. The molecule has 1 heterocycles. The van der Waals surface area contributed by atoms with Crippen LogP contribution in [0.5, 0.6) is 0 Å². The molecule has 0 nitrogen and oxygen atoms in total. The van der Waals surface area contributed by atoms with Gasteiger partial charge in [-0.05, 0) is 0 Å². The van der Waals surface area contributed by atoms with Gasteiger partial charge < -0.3 is 24.8 Å². The number of hydrogen-bond donors (Lipinski definition) is 0. The molecule has 1 aliphatic heterocycles. The fourth-order valence-corrected chi connectivity index (χ4v) is 23.7. The minimum absolute atomic E-state index is 0. The third kappa shape index (κ3) is 5.05. The van der Waals surface area contributed by atoms with Gasteiger partial charge in [0.1, 0.15) is 0 Å². The smallest absolute Gasteiger partial charge is 1.00 e. The quantitative estimate of drug-likeness (QED) is 0.437. The van der Waals surface area contributed by atoms with Crippen molar-refractivity contribution in [3.05, 3.63) is 80.9 Å². The van der Waals surface area contributed by atoms with Crippen LogP contribution in [0.3, 0.4) is 0 Å². The van der Waals surface area contributed by atoms with Gasteiger partial charge in [0.25, 0.3) is 0 Å². The molecule has 0 radical (unpaired) electrons. The van der Waals surface area contributed by atoms with Crippen molar-refractivity contribution in [2.45, 2.75) is 107 Å².